The average molecular weight is 382 g/mol. The van der Waals surface area contributed by atoms with Crippen LogP contribution in [0.25, 0.3) is 0 Å². The van der Waals surface area contributed by atoms with Crippen molar-refractivity contribution in [1.29, 1.82) is 0 Å². The van der Waals surface area contributed by atoms with Crippen molar-refractivity contribution in [1.82, 2.24) is 10.3 Å². The molecule has 2 aromatic carbocycles. The summed E-state index contributed by atoms with van der Waals surface area (Å²) >= 11 is 1.49. The molecule has 0 aliphatic rings. The summed E-state index contributed by atoms with van der Waals surface area (Å²) < 4.78 is 10.8. The summed E-state index contributed by atoms with van der Waals surface area (Å²) in [5.74, 6) is 0.462. The van der Waals surface area contributed by atoms with Crippen LogP contribution in [-0.2, 0) is 16.1 Å². The van der Waals surface area contributed by atoms with Crippen LogP contribution < -0.4 is 10.1 Å². The van der Waals surface area contributed by atoms with Crippen molar-refractivity contribution < 1.29 is 19.1 Å². The Morgan fingerprint density at radius 3 is 2.41 bits per heavy atom. The number of para-hydroxylation sites is 1. The number of benzene rings is 2. The summed E-state index contributed by atoms with van der Waals surface area (Å²) in [6.45, 7) is 1.78. The number of ether oxygens (including phenoxy) is 2. The van der Waals surface area contributed by atoms with Crippen molar-refractivity contribution in [2.45, 2.75) is 13.5 Å². The van der Waals surface area contributed by atoms with E-state index in [1.807, 2.05) is 42.6 Å². The van der Waals surface area contributed by atoms with Crippen LogP contribution in [0.15, 0.2) is 60.0 Å². The van der Waals surface area contributed by atoms with Gasteiger partial charge in [0.05, 0.1) is 10.7 Å². The van der Waals surface area contributed by atoms with Crippen LogP contribution in [0.3, 0.4) is 0 Å². The van der Waals surface area contributed by atoms with Gasteiger partial charge in [-0.05, 0) is 43.3 Å². The monoisotopic (exact) mass is 382 g/mol. The molecule has 1 amide bonds. The fourth-order valence-corrected chi connectivity index (χ4v) is 2.83. The van der Waals surface area contributed by atoms with E-state index in [9.17, 15) is 9.59 Å². The lowest BCUT2D eigenvalue weighted by Crippen LogP contribution is -2.30. The lowest BCUT2D eigenvalue weighted by atomic mass is 10.2. The second-order valence-corrected chi connectivity index (χ2v) is 6.70. The van der Waals surface area contributed by atoms with Crippen LogP contribution >= 0.6 is 11.3 Å². The van der Waals surface area contributed by atoms with Gasteiger partial charge in [0.15, 0.2) is 0 Å². The quantitative estimate of drug-likeness (QED) is 0.630. The molecule has 0 spiro atoms. The molecule has 0 fully saturated rings. The predicted octanol–water partition coefficient (Wildman–Crippen LogP) is 3.72. The normalized spacial score (nSPS) is 10.3. The number of esters is 1. The van der Waals surface area contributed by atoms with Gasteiger partial charge in [-0.25, -0.2) is 4.98 Å². The number of amides is 1. The first kappa shape index (κ1) is 18.6. The van der Waals surface area contributed by atoms with Crippen LogP contribution in [0.5, 0.6) is 11.5 Å². The highest BCUT2D eigenvalue weighted by molar-refractivity contribution is 7.09. The summed E-state index contributed by atoms with van der Waals surface area (Å²) in [6.07, 6.45) is 0. The highest BCUT2D eigenvalue weighted by Gasteiger charge is 2.10. The summed E-state index contributed by atoms with van der Waals surface area (Å²) in [5.41, 5.74) is 1.13. The Bertz CT molecular complexity index is 907. The van der Waals surface area contributed by atoms with E-state index in [1.54, 1.807) is 24.3 Å². The Morgan fingerprint density at radius 1 is 1.04 bits per heavy atom. The third kappa shape index (κ3) is 5.65. The molecule has 1 heterocycles. The molecule has 1 N–H and O–H groups in total. The van der Waals surface area contributed by atoms with Crippen LogP contribution in [-0.4, -0.2) is 23.4 Å². The first-order chi connectivity index (χ1) is 13.1. The zero-order chi connectivity index (χ0) is 19.1. The Hall–Kier alpha value is -3.19. The van der Waals surface area contributed by atoms with Crippen molar-refractivity contribution in [3.8, 4) is 11.5 Å². The van der Waals surface area contributed by atoms with E-state index in [4.69, 9.17) is 9.47 Å². The third-order valence-electron chi connectivity index (χ3n) is 3.54. The molecule has 0 bridgehead atoms. The maximum Gasteiger partial charge on any atom is 0.325 e. The number of carbonyl (C=O) groups is 2. The van der Waals surface area contributed by atoms with Crippen LogP contribution in [0.2, 0.25) is 0 Å². The second kappa shape index (κ2) is 8.95. The number of aryl methyl sites for hydroxylation is 1. The molecule has 3 rings (SSSR count). The molecule has 0 atom stereocenters. The number of aromatic nitrogens is 1. The SMILES string of the molecule is Cc1nc(COC(=O)CNC(=O)c2ccc(Oc3ccccc3)cc2)cs1. The van der Waals surface area contributed by atoms with E-state index in [1.165, 1.54) is 11.3 Å². The number of hydrogen-bond donors (Lipinski definition) is 1. The minimum absolute atomic E-state index is 0.102. The number of thiazole rings is 1. The zero-order valence-corrected chi connectivity index (χ0v) is 15.5. The highest BCUT2D eigenvalue weighted by atomic mass is 32.1. The molecule has 0 radical (unpaired) electrons. The average Bonchev–Trinajstić information content (AvgIpc) is 3.11. The molecule has 0 saturated carbocycles. The van der Waals surface area contributed by atoms with Crippen LogP contribution in [0.4, 0.5) is 0 Å². The molecule has 0 unspecified atom stereocenters. The fourth-order valence-electron chi connectivity index (χ4n) is 2.23. The number of hydrogen-bond acceptors (Lipinski definition) is 6. The van der Waals surface area contributed by atoms with Crippen molar-refractivity contribution in [3.05, 3.63) is 76.2 Å². The lowest BCUT2D eigenvalue weighted by molar-refractivity contribution is -0.143. The first-order valence-corrected chi connectivity index (χ1v) is 9.16. The molecule has 0 aliphatic carbocycles. The van der Waals surface area contributed by atoms with Gasteiger partial charge in [0.1, 0.15) is 24.7 Å². The Balaban J connectivity index is 1.45. The number of rotatable bonds is 7. The summed E-state index contributed by atoms with van der Waals surface area (Å²) in [5, 5.41) is 5.28. The standard InChI is InChI=1S/C20H18N2O4S/c1-14-22-16(13-27-14)12-25-19(23)11-21-20(24)15-7-9-18(10-8-15)26-17-5-3-2-4-6-17/h2-10,13H,11-12H2,1H3,(H,21,24). The van der Waals surface area contributed by atoms with E-state index >= 15 is 0 Å². The topological polar surface area (TPSA) is 77.5 Å². The van der Waals surface area contributed by atoms with Crippen LogP contribution in [0, 0.1) is 6.92 Å². The molecule has 0 aliphatic heterocycles. The van der Waals surface area contributed by atoms with Crippen molar-refractivity contribution in [3.63, 3.8) is 0 Å². The fraction of sp³-hybridized carbons (Fsp3) is 0.150. The van der Waals surface area contributed by atoms with Gasteiger partial charge in [-0.2, -0.15) is 0 Å². The number of carbonyl (C=O) groups excluding carboxylic acids is 2. The van der Waals surface area contributed by atoms with E-state index < -0.39 is 5.97 Å². The molecular formula is C20H18N2O4S. The van der Waals surface area contributed by atoms with Gasteiger partial charge in [-0.3, -0.25) is 9.59 Å². The first-order valence-electron chi connectivity index (χ1n) is 8.28. The van der Waals surface area contributed by atoms with Crippen molar-refractivity contribution in [2.75, 3.05) is 6.54 Å². The maximum atomic E-state index is 12.1. The van der Waals surface area contributed by atoms with Gasteiger partial charge < -0.3 is 14.8 Å². The summed E-state index contributed by atoms with van der Waals surface area (Å²) in [7, 11) is 0. The minimum atomic E-state index is -0.516. The molecule has 0 saturated heterocycles. The molecule has 6 nitrogen and oxygen atoms in total. The predicted molar refractivity (Wildman–Crippen MR) is 102 cm³/mol. The maximum absolute atomic E-state index is 12.1. The summed E-state index contributed by atoms with van der Waals surface area (Å²) in [6, 6.07) is 16.0. The van der Waals surface area contributed by atoms with Gasteiger partial charge in [0.25, 0.3) is 5.91 Å². The minimum Gasteiger partial charge on any atom is -0.458 e. The lowest BCUT2D eigenvalue weighted by Gasteiger charge is -2.08. The molecule has 138 valence electrons. The smallest absolute Gasteiger partial charge is 0.325 e. The Labute approximate surface area is 160 Å². The Morgan fingerprint density at radius 2 is 1.74 bits per heavy atom. The molecule has 1 aromatic heterocycles. The largest absolute Gasteiger partial charge is 0.458 e. The van der Waals surface area contributed by atoms with E-state index in [0.717, 1.165) is 5.01 Å². The number of nitrogens with zero attached hydrogens (tertiary/aromatic N) is 1. The van der Waals surface area contributed by atoms with Gasteiger partial charge in [0.2, 0.25) is 0 Å². The van der Waals surface area contributed by atoms with Crippen molar-refractivity contribution >= 4 is 23.2 Å². The van der Waals surface area contributed by atoms with E-state index in [-0.39, 0.29) is 19.1 Å². The highest BCUT2D eigenvalue weighted by Crippen LogP contribution is 2.21. The van der Waals surface area contributed by atoms with E-state index in [0.29, 0.717) is 22.8 Å². The zero-order valence-electron chi connectivity index (χ0n) is 14.7. The third-order valence-corrected chi connectivity index (χ3v) is 4.36. The van der Waals surface area contributed by atoms with Gasteiger partial charge in [-0.15, -0.1) is 11.3 Å². The van der Waals surface area contributed by atoms with Gasteiger partial charge in [-0.1, -0.05) is 18.2 Å². The summed E-state index contributed by atoms with van der Waals surface area (Å²) in [4.78, 5) is 28.1. The Kier molecular flexibility index (Phi) is 6.17. The van der Waals surface area contributed by atoms with Gasteiger partial charge >= 0.3 is 5.97 Å². The number of nitrogens with one attached hydrogen (secondary N) is 1. The van der Waals surface area contributed by atoms with E-state index in [2.05, 4.69) is 10.3 Å². The molecular weight excluding hydrogens is 364 g/mol. The van der Waals surface area contributed by atoms with Gasteiger partial charge in [0, 0.05) is 10.9 Å². The molecule has 3 aromatic rings. The molecule has 27 heavy (non-hydrogen) atoms. The second-order valence-electron chi connectivity index (χ2n) is 5.64. The van der Waals surface area contributed by atoms with Crippen LogP contribution in [0.1, 0.15) is 21.1 Å². The molecule has 7 heteroatoms. The van der Waals surface area contributed by atoms with Crippen molar-refractivity contribution in [2.24, 2.45) is 0 Å².